The Balaban J connectivity index is 1.15. The van der Waals surface area contributed by atoms with E-state index in [4.69, 9.17) is 41.7 Å². The van der Waals surface area contributed by atoms with E-state index in [0.29, 0.717) is 95.5 Å². The number of hydrogen-bond acceptors (Lipinski definition) is 13. The van der Waals surface area contributed by atoms with Gasteiger partial charge in [-0.05, 0) is 24.4 Å². The van der Waals surface area contributed by atoms with Crippen LogP contribution in [0.3, 0.4) is 0 Å². The minimum absolute atomic E-state index is 0.0306. The number of ether oxygens (including phenoxy) is 5. The number of likely N-dealkylation sites (tertiary alicyclic amines) is 1. The van der Waals surface area contributed by atoms with Crippen LogP contribution < -0.4 is 5.32 Å². The molecular weight excluding hydrogens is 588 g/mol. The lowest BCUT2D eigenvalue weighted by Crippen LogP contribution is -2.42. The molecule has 0 saturated carbocycles. The maximum absolute atomic E-state index is 12.6. The summed E-state index contributed by atoms with van der Waals surface area (Å²) in [7, 11) is 0. The summed E-state index contributed by atoms with van der Waals surface area (Å²) in [5.41, 5.74) is 0.311. The standard InChI is InChI=1S/C27H39ClN6O9/c1-2-8-39-10-12-41-14-15-42-13-11-40-9-5-21(36)33-6-3-18(4-7-33)30-24-19-16-29-34(25(19)32-27(28)31-24)26-23(38)22(37)20(17-35)43-26/h1,16,18,20,22-23,26,35,37-38H,3-15,17H2,(H,30,31,32)/t20-,22-,23-,26-/m1/s1. The number of carbonyl (C=O) groups is 1. The lowest BCUT2D eigenvalue weighted by atomic mass is 10.0. The monoisotopic (exact) mass is 626 g/mol. The Labute approximate surface area is 254 Å². The maximum atomic E-state index is 12.6. The van der Waals surface area contributed by atoms with Gasteiger partial charge in [0.1, 0.15) is 30.7 Å². The fourth-order valence-electron chi connectivity index (χ4n) is 4.85. The zero-order valence-electron chi connectivity index (χ0n) is 23.8. The first-order valence-corrected chi connectivity index (χ1v) is 14.6. The molecule has 0 spiro atoms. The van der Waals surface area contributed by atoms with Crippen molar-refractivity contribution in [3.8, 4) is 12.3 Å². The summed E-state index contributed by atoms with van der Waals surface area (Å²) in [6.45, 7) is 3.93. The molecule has 2 aromatic rings. The number of fused-ring (bicyclic) bond motifs is 1. The van der Waals surface area contributed by atoms with Crippen molar-refractivity contribution in [1.29, 1.82) is 0 Å². The largest absolute Gasteiger partial charge is 0.394 e. The van der Waals surface area contributed by atoms with Gasteiger partial charge in [-0.25, -0.2) is 4.68 Å². The number of nitrogens with one attached hydrogen (secondary N) is 1. The van der Waals surface area contributed by atoms with E-state index < -0.39 is 31.1 Å². The van der Waals surface area contributed by atoms with E-state index in [1.165, 1.54) is 10.9 Å². The predicted molar refractivity (Wildman–Crippen MR) is 153 cm³/mol. The van der Waals surface area contributed by atoms with Crippen molar-refractivity contribution in [2.75, 3.05) is 77.9 Å². The second kappa shape index (κ2) is 17.0. The average Bonchev–Trinajstić information content (AvgIpc) is 3.55. The first-order valence-electron chi connectivity index (χ1n) is 14.2. The molecule has 238 valence electrons. The zero-order chi connectivity index (χ0) is 30.6. The average molecular weight is 627 g/mol. The molecule has 0 radical (unpaired) electrons. The van der Waals surface area contributed by atoms with Crippen LogP contribution in [0.2, 0.25) is 5.28 Å². The quantitative estimate of drug-likeness (QED) is 0.101. The minimum Gasteiger partial charge on any atom is -0.394 e. The Hall–Kier alpha value is -2.65. The van der Waals surface area contributed by atoms with E-state index in [9.17, 15) is 20.1 Å². The summed E-state index contributed by atoms with van der Waals surface area (Å²) >= 11 is 6.21. The third-order valence-electron chi connectivity index (χ3n) is 7.13. The zero-order valence-corrected chi connectivity index (χ0v) is 24.6. The molecule has 0 unspecified atom stereocenters. The summed E-state index contributed by atoms with van der Waals surface area (Å²) in [4.78, 5) is 23.0. The van der Waals surface area contributed by atoms with Crippen molar-refractivity contribution < 1.29 is 43.8 Å². The normalized spacial score (nSPS) is 22.7. The Morgan fingerprint density at radius 2 is 1.70 bits per heavy atom. The number of aliphatic hydroxyl groups is 3. The first kappa shape index (κ1) is 33.2. The van der Waals surface area contributed by atoms with Crippen molar-refractivity contribution in [1.82, 2.24) is 24.6 Å². The lowest BCUT2D eigenvalue weighted by molar-refractivity contribution is -0.133. The van der Waals surface area contributed by atoms with E-state index in [1.54, 1.807) is 0 Å². The topological polar surface area (TPSA) is 183 Å². The maximum Gasteiger partial charge on any atom is 0.226 e. The molecule has 15 nitrogen and oxygen atoms in total. The van der Waals surface area contributed by atoms with Crippen LogP contribution in [0.1, 0.15) is 25.5 Å². The number of hydrogen-bond donors (Lipinski definition) is 4. The van der Waals surface area contributed by atoms with Crippen molar-refractivity contribution >= 4 is 34.4 Å². The number of nitrogens with zero attached hydrogens (tertiary/aromatic N) is 5. The van der Waals surface area contributed by atoms with Crippen LogP contribution in [0, 0.1) is 12.3 Å². The molecular formula is C27H39ClN6O9. The van der Waals surface area contributed by atoms with Gasteiger partial charge < -0.3 is 49.2 Å². The van der Waals surface area contributed by atoms with Gasteiger partial charge in [0, 0.05) is 19.1 Å². The third-order valence-corrected chi connectivity index (χ3v) is 7.30. The summed E-state index contributed by atoms with van der Waals surface area (Å²) < 4.78 is 28.3. The number of carbonyl (C=O) groups excluding carboxylic acids is 1. The van der Waals surface area contributed by atoms with Gasteiger partial charge >= 0.3 is 0 Å². The van der Waals surface area contributed by atoms with Crippen molar-refractivity contribution in [2.45, 2.75) is 49.8 Å². The van der Waals surface area contributed by atoms with Gasteiger partial charge in [-0.3, -0.25) is 4.79 Å². The van der Waals surface area contributed by atoms with Gasteiger partial charge in [0.15, 0.2) is 11.9 Å². The number of terminal acetylenes is 1. The number of rotatable bonds is 17. The van der Waals surface area contributed by atoms with E-state index in [1.807, 2.05) is 4.90 Å². The fourth-order valence-corrected chi connectivity index (χ4v) is 5.02. The second-order valence-electron chi connectivity index (χ2n) is 10.0. The number of piperidine rings is 1. The summed E-state index contributed by atoms with van der Waals surface area (Å²) in [5, 5.41) is 38.1. The number of anilines is 1. The van der Waals surface area contributed by atoms with Crippen LogP contribution in [0.25, 0.3) is 11.0 Å². The van der Waals surface area contributed by atoms with Crippen molar-refractivity contribution in [2.24, 2.45) is 0 Å². The van der Waals surface area contributed by atoms with Gasteiger partial charge in [-0.15, -0.1) is 6.42 Å². The second-order valence-corrected chi connectivity index (χ2v) is 10.4. The molecule has 16 heteroatoms. The number of aliphatic hydroxyl groups excluding tert-OH is 3. The minimum atomic E-state index is -1.31. The molecule has 2 fully saturated rings. The van der Waals surface area contributed by atoms with E-state index in [0.717, 1.165) is 0 Å². The predicted octanol–water partition coefficient (Wildman–Crippen LogP) is -0.416. The highest BCUT2D eigenvalue weighted by atomic mass is 35.5. The van der Waals surface area contributed by atoms with Crippen LogP contribution in [0.15, 0.2) is 6.20 Å². The molecule has 0 bridgehead atoms. The number of aromatic nitrogens is 4. The molecule has 4 heterocycles. The highest BCUT2D eigenvalue weighted by Gasteiger charge is 2.44. The van der Waals surface area contributed by atoms with Gasteiger partial charge in [-0.2, -0.15) is 15.1 Å². The molecule has 4 rings (SSSR count). The van der Waals surface area contributed by atoms with Crippen LogP contribution in [-0.2, 0) is 28.5 Å². The van der Waals surface area contributed by atoms with Crippen LogP contribution in [-0.4, -0.2) is 143 Å². The molecule has 43 heavy (non-hydrogen) atoms. The van der Waals surface area contributed by atoms with Crippen molar-refractivity contribution in [3.63, 3.8) is 0 Å². The molecule has 2 aliphatic rings. The summed E-state index contributed by atoms with van der Waals surface area (Å²) in [6, 6.07) is 0.0309. The molecule has 0 aromatic carbocycles. The number of amides is 1. The highest BCUT2D eigenvalue weighted by molar-refractivity contribution is 6.28. The molecule has 2 aliphatic heterocycles. The molecule has 4 N–H and O–H groups in total. The SMILES string of the molecule is C#CCOCCOCCOCCOCCC(=O)N1CCC(Nc2nc(Cl)nc3c2cnn3[C@@H]2O[C@H](CO)[C@@H](O)[C@H]2O)CC1. The Morgan fingerprint density at radius 1 is 1.05 bits per heavy atom. The van der Waals surface area contributed by atoms with E-state index in [-0.39, 0.29) is 23.8 Å². The highest BCUT2D eigenvalue weighted by Crippen LogP contribution is 2.33. The third kappa shape index (κ3) is 9.17. The molecule has 2 aromatic heterocycles. The van der Waals surface area contributed by atoms with Crippen LogP contribution in [0.4, 0.5) is 5.82 Å². The summed E-state index contributed by atoms with van der Waals surface area (Å²) in [5.74, 6) is 2.89. The number of halogens is 1. The van der Waals surface area contributed by atoms with Gasteiger partial charge in [-0.1, -0.05) is 5.92 Å². The van der Waals surface area contributed by atoms with Crippen LogP contribution >= 0.6 is 11.6 Å². The summed E-state index contributed by atoms with van der Waals surface area (Å²) in [6.07, 6.45) is 3.72. The molecule has 1 amide bonds. The molecule has 4 atom stereocenters. The Morgan fingerprint density at radius 3 is 2.33 bits per heavy atom. The van der Waals surface area contributed by atoms with Crippen molar-refractivity contribution in [3.05, 3.63) is 11.5 Å². The first-order chi connectivity index (χ1) is 20.9. The van der Waals surface area contributed by atoms with E-state index in [2.05, 4.69) is 26.3 Å². The van der Waals surface area contributed by atoms with Gasteiger partial charge in [0.25, 0.3) is 0 Å². The van der Waals surface area contributed by atoms with Gasteiger partial charge in [0.2, 0.25) is 11.2 Å². The Bertz CT molecular complexity index is 1210. The van der Waals surface area contributed by atoms with Crippen LogP contribution in [0.5, 0.6) is 0 Å². The Kier molecular flexibility index (Phi) is 13.1. The molecule has 0 aliphatic carbocycles. The van der Waals surface area contributed by atoms with Gasteiger partial charge in [0.05, 0.1) is 70.9 Å². The molecule has 2 saturated heterocycles. The lowest BCUT2D eigenvalue weighted by Gasteiger charge is -2.32. The fraction of sp³-hybridized carbons (Fsp3) is 0.704. The smallest absolute Gasteiger partial charge is 0.226 e. The van der Waals surface area contributed by atoms with E-state index >= 15 is 0 Å².